The summed E-state index contributed by atoms with van der Waals surface area (Å²) < 4.78 is 0. The smallest absolute Gasteiger partial charge is 0.126 e. The summed E-state index contributed by atoms with van der Waals surface area (Å²) >= 11 is 5.76. The summed E-state index contributed by atoms with van der Waals surface area (Å²) in [5.41, 5.74) is 2.03. The average Bonchev–Trinajstić information content (AvgIpc) is 2.19. The van der Waals surface area contributed by atoms with E-state index in [9.17, 15) is 5.11 Å². The lowest BCUT2D eigenvalue weighted by Crippen LogP contribution is -2.21. The summed E-state index contributed by atoms with van der Waals surface area (Å²) in [5, 5.41) is 10.8. The Hall–Kier alpha value is -1.45. The molecule has 0 spiro atoms. The van der Waals surface area contributed by atoms with Crippen molar-refractivity contribution in [2.24, 2.45) is 0 Å². The summed E-state index contributed by atoms with van der Waals surface area (Å²) in [6.07, 6.45) is 6.84. The molecule has 0 aliphatic heterocycles. The van der Waals surface area contributed by atoms with Gasteiger partial charge in [0.05, 0.1) is 0 Å². The van der Waals surface area contributed by atoms with Gasteiger partial charge in [0.25, 0.3) is 0 Å². The molecule has 1 nitrogen and oxygen atoms in total. The Labute approximate surface area is 94.7 Å². The van der Waals surface area contributed by atoms with Crippen molar-refractivity contribution in [2.75, 3.05) is 0 Å². The lowest BCUT2D eigenvalue weighted by molar-refractivity contribution is 0.0955. The monoisotopic (exact) mass is 218 g/mol. The Morgan fingerprint density at radius 3 is 2.53 bits per heavy atom. The molecule has 1 N–H and O–H groups in total. The molecule has 0 radical (unpaired) electrons. The minimum atomic E-state index is -1.21. The molecule has 76 valence electrons. The first-order valence-corrected chi connectivity index (χ1v) is 4.79. The highest BCUT2D eigenvalue weighted by molar-refractivity contribution is 6.30. The largest absolute Gasteiger partial charge is 0.379 e. The lowest BCUT2D eigenvalue weighted by Gasteiger charge is -2.21. The van der Waals surface area contributed by atoms with E-state index in [0.29, 0.717) is 10.6 Å². The molecule has 1 aromatic rings. The first-order valence-electron chi connectivity index (χ1n) is 4.41. The van der Waals surface area contributed by atoms with Crippen LogP contribution in [0, 0.1) is 12.3 Å². The first kappa shape index (κ1) is 11.6. The number of rotatable bonds is 3. The fourth-order valence-corrected chi connectivity index (χ4v) is 1.43. The molecular weight excluding hydrogens is 208 g/mol. The highest BCUT2D eigenvalue weighted by Crippen LogP contribution is 2.27. The van der Waals surface area contributed by atoms with Crippen molar-refractivity contribution in [2.45, 2.75) is 12.0 Å². The van der Waals surface area contributed by atoms with Gasteiger partial charge in [-0.3, -0.25) is 0 Å². The third-order valence-electron chi connectivity index (χ3n) is 2.06. The summed E-state index contributed by atoms with van der Waals surface area (Å²) in [7, 11) is 0. The molecule has 2 heteroatoms. The van der Waals surface area contributed by atoms with Crippen LogP contribution in [0.5, 0.6) is 0 Å². The quantitative estimate of drug-likeness (QED) is 0.611. The molecule has 1 unspecified atom stereocenters. The Morgan fingerprint density at radius 2 is 2.07 bits per heavy atom. The van der Waals surface area contributed by atoms with E-state index in [-0.39, 0.29) is 6.42 Å². The van der Waals surface area contributed by atoms with Crippen LogP contribution in [0.1, 0.15) is 12.0 Å². The molecule has 0 saturated heterocycles. The van der Waals surface area contributed by atoms with Gasteiger partial charge in [-0.05, 0) is 23.8 Å². The van der Waals surface area contributed by atoms with Crippen molar-refractivity contribution in [1.82, 2.24) is 0 Å². The molecule has 0 bridgehead atoms. The van der Waals surface area contributed by atoms with Gasteiger partial charge in [0.1, 0.15) is 5.60 Å². The van der Waals surface area contributed by atoms with Crippen LogP contribution in [0.2, 0.25) is 5.02 Å². The van der Waals surface area contributed by atoms with Crippen LogP contribution < -0.4 is 0 Å². The number of hydrogen-bond donors (Lipinski definition) is 1. The standard InChI is InChI=1S/C13H11ClO/c1-3-9-13(15,10-4-2)11-5-7-12(14)8-6-11/h1,5-8,10,15H,2,9H2. The molecule has 0 fully saturated rings. The van der Waals surface area contributed by atoms with Crippen molar-refractivity contribution >= 4 is 11.6 Å². The number of halogens is 1. The van der Waals surface area contributed by atoms with Crippen molar-refractivity contribution in [3.8, 4) is 12.3 Å². The second-order valence-electron chi connectivity index (χ2n) is 3.16. The summed E-state index contributed by atoms with van der Waals surface area (Å²) in [6.45, 7) is 3.44. The Kier molecular flexibility index (Phi) is 3.77. The van der Waals surface area contributed by atoms with Gasteiger partial charge in [-0.1, -0.05) is 30.3 Å². The van der Waals surface area contributed by atoms with Crippen molar-refractivity contribution in [3.05, 3.63) is 53.2 Å². The molecular formula is C13H11ClO. The van der Waals surface area contributed by atoms with Gasteiger partial charge in [0.15, 0.2) is 0 Å². The Balaban J connectivity index is 3.15. The summed E-state index contributed by atoms with van der Waals surface area (Å²) in [4.78, 5) is 0. The fourth-order valence-electron chi connectivity index (χ4n) is 1.30. The maximum atomic E-state index is 10.2. The minimum absolute atomic E-state index is 0.178. The van der Waals surface area contributed by atoms with E-state index < -0.39 is 5.60 Å². The van der Waals surface area contributed by atoms with Gasteiger partial charge >= 0.3 is 0 Å². The Bertz CT molecular complexity index is 421. The van der Waals surface area contributed by atoms with Crippen molar-refractivity contribution in [3.63, 3.8) is 0 Å². The van der Waals surface area contributed by atoms with E-state index in [1.807, 2.05) is 0 Å². The highest BCUT2D eigenvalue weighted by Gasteiger charge is 2.24. The van der Waals surface area contributed by atoms with E-state index in [4.69, 9.17) is 18.0 Å². The molecule has 1 atom stereocenters. The highest BCUT2D eigenvalue weighted by atomic mass is 35.5. The first-order chi connectivity index (χ1) is 7.12. The zero-order valence-electron chi connectivity index (χ0n) is 8.20. The fraction of sp³-hybridized carbons (Fsp3) is 0.154. The van der Waals surface area contributed by atoms with Crippen LogP contribution >= 0.6 is 11.6 Å². The van der Waals surface area contributed by atoms with Crippen LogP contribution in [-0.4, -0.2) is 5.11 Å². The second-order valence-corrected chi connectivity index (χ2v) is 3.60. The van der Waals surface area contributed by atoms with Gasteiger partial charge < -0.3 is 5.11 Å². The van der Waals surface area contributed by atoms with E-state index in [1.165, 1.54) is 6.08 Å². The predicted molar refractivity (Wildman–Crippen MR) is 62.5 cm³/mol. The van der Waals surface area contributed by atoms with E-state index >= 15 is 0 Å². The third-order valence-corrected chi connectivity index (χ3v) is 2.31. The van der Waals surface area contributed by atoms with E-state index in [2.05, 4.69) is 18.2 Å². The van der Waals surface area contributed by atoms with Crippen molar-refractivity contribution < 1.29 is 5.11 Å². The van der Waals surface area contributed by atoms with Crippen LogP contribution in [-0.2, 0) is 5.60 Å². The van der Waals surface area contributed by atoms with E-state index in [1.54, 1.807) is 24.3 Å². The molecule has 0 amide bonds. The lowest BCUT2D eigenvalue weighted by atomic mass is 9.91. The maximum absolute atomic E-state index is 10.2. The average molecular weight is 219 g/mol. The SMILES string of the molecule is C#CCC(O)(C=C=C)c1ccc(Cl)cc1. The molecule has 0 heterocycles. The van der Waals surface area contributed by atoms with Gasteiger partial charge in [-0.2, -0.15) is 0 Å². The second kappa shape index (κ2) is 4.87. The van der Waals surface area contributed by atoms with Gasteiger partial charge in [0, 0.05) is 11.4 Å². The summed E-state index contributed by atoms with van der Waals surface area (Å²) in [5.74, 6) is 2.42. The molecule has 0 aliphatic carbocycles. The maximum Gasteiger partial charge on any atom is 0.126 e. The predicted octanol–water partition coefficient (Wildman–Crippen LogP) is 2.89. The zero-order chi connectivity index (χ0) is 11.3. The molecule has 1 rings (SSSR count). The van der Waals surface area contributed by atoms with Crippen LogP contribution in [0.15, 0.2) is 42.7 Å². The van der Waals surface area contributed by atoms with Gasteiger partial charge in [-0.25, -0.2) is 0 Å². The molecule has 0 saturated carbocycles. The van der Waals surface area contributed by atoms with Crippen molar-refractivity contribution in [1.29, 1.82) is 0 Å². The summed E-state index contributed by atoms with van der Waals surface area (Å²) in [6, 6.07) is 6.87. The van der Waals surface area contributed by atoms with Crippen LogP contribution in [0.4, 0.5) is 0 Å². The molecule has 15 heavy (non-hydrogen) atoms. The minimum Gasteiger partial charge on any atom is -0.379 e. The van der Waals surface area contributed by atoms with Crippen LogP contribution in [0.25, 0.3) is 0 Å². The van der Waals surface area contributed by atoms with Gasteiger partial charge in [-0.15, -0.1) is 18.1 Å². The molecule has 0 aliphatic rings. The van der Waals surface area contributed by atoms with Gasteiger partial charge in [0.2, 0.25) is 0 Å². The molecule has 1 aromatic carbocycles. The van der Waals surface area contributed by atoms with E-state index in [0.717, 1.165) is 0 Å². The van der Waals surface area contributed by atoms with Crippen LogP contribution in [0.3, 0.4) is 0 Å². The number of aliphatic hydroxyl groups is 1. The zero-order valence-corrected chi connectivity index (χ0v) is 8.96. The molecule has 0 aromatic heterocycles. The number of hydrogen-bond acceptors (Lipinski definition) is 1. The number of terminal acetylenes is 1. The third kappa shape index (κ3) is 2.75. The topological polar surface area (TPSA) is 20.2 Å². The normalized spacial score (nSPS) is 13.4. The Morgan fingerprint density at radius 1 is 1.47 bits per heavy atom. The number of benzene rings is 1.